The third-order valence-corrected chi connectivity index (χ3v) is 4.91. The van der Waals surface area contributed by atoms with Crippen molar-refractivity contribution in [1.82, 2.24) is 9.97 Å². The van der Waals surface area contributed by atoms with E-state index in [4.69, 9.17) is 0 Å². The van der Waals surface area contributed by atoms with Gasteiger partial charge < -0.3 is 10.4 Å². The van der Waals surface area contributed by atoms with Crippen LogP contribution in [-0.2, 0) is 12.9 Å². The second-order valence-electron chi connectivity index (χ2n) is 6.96. The molecule has 4 aromatic rings. The van der Waals surface area contributed by atoms with Gasteiger partial charge >= 0.3 is 6.18 Å². The van der Waals surface area contributed by atoms with E-state index in [2.05, 4.69) is 15.3 Å². The number of phenolic OH excluding ortho intramolecular Hbond substituents is 1. The van der Waals surface area contributed by atoms with Gasteiger partial charge in [0, 0.05) is 23.3 Å². The third kappa shape index (κ3) is 4.28. The lowest BCUT2D eigenvalue weighted by Gasteiger charge is -2.22. The predicted molar refractivity (Wildman–Crippen MR) is 109 cm³/mol. The van der Waals surface area contributed by atoms with Gasteiger partial charge in [-0.15, -0.1) is 0 Å². The zero-order valence-electron chi connectivity index (χ0n) is 16.1. The van der Waals surface area contributed by atoms with Gasteiger partial charge in [-0.05, 0) is 29.3 Å². The fourth-order valence-electron chi connectivity index (χ4n) is 3.37. The molecule has 0 spiro atoms. The van der Waals surface area contributed by atoms with E-state index in [1.54, 1.807) is 54.7 Å². The van der Waals surface area contributed by atoms with Gasteiger partial charge in [0.25, 0.3) is 0 Å². The lowest BCUT2D eigenvalue weighted by molar-refractivity contribution is -0.137. The highest BCUT2D eigenvalue weighted by Gasteiger charge is 2.31. The number of aromatic nitrogens is 2. The molecule has 2 heterocycles. The van der Waals surface area contributed by atoms with Crippen molar-refractivity contribution >= 4 is 16.7 Å². The molecule has 158 valence electrons. The molecule has 8 heteroatoms. The molecule has 1 atom stereocenters. The monoisotopic (exact) mass is 427 g/mol. The molecule has 2 N–H and O–H groups in total. The molecule has 0 amide bonds. The molecule has 31 heavy (non-hydrogen) atoms. The summed E-state index contributed by atoms with van der Waals surface area (Å²) in [6.45, 7) is -0.676. The highest BCUT2D eigenvalue weighted by Crippen LogP contribution is 2.37. The molecular formula is C23H17F4N3O. The second-order valence-corrected chi connectivity index (χ2v) is 6.96. The number of rotatable bonds is 5. The maximum Gasteiger partial charge on any atom is 0.417 e. The van der Waals surface area contributed by atoms with Crippen LogP contribution in [0.2, 0.25) is 0 Å². The minimum absolute atomic E-state index is 0.0758. The van der Waals surface area contributed by atoms with Gasteiger partial charge in [-0.2, -0.15) is 13.2 Å². The largest absolute Gasteiger partial charge is 0.505 e. The normalized spacial score (nSPS) is 12.6. The fraction of sp³-hybridized carbons (Fsp3) is 0.130. The van der Waals surface area contributed by atoms with Crippen molar-refractivity contribution in [2.45, 2.75) is 18.9 Å². The molecule has 0 saturated heterocycles. The molecule has 2 aromatic carbocycles. The molecule has 2 aromatic heterocycles. The van der Waals surface area contributed by atoms with E-state index in [9.17, 15) is 22.7 Å². The van der Waals surface area contributed by atoms with Gasteiger partial charge in [0.15, 0.2) is 0 Å². The molecule has 4 rings (SSSR count). The van der Waals surface area contributed by atoms with Crippen molar-refractivity contribution < 1.29 is 22.7 Å². The summed E-state index contributed by atoms with van der Waals surface area (Å²) in [6.07, 6.45) is -2.21. The number of anilines is 1. The Bertz CT molecular complexity index is 1210. The van der Waals surface area contributed by atoms with Crippen LogP contribution in [0.25, 0.3) is 10.9 Å². The van der Waals surface area contributed by atoms with E-state index in [0.29, 0.717) is 22.2 Å². The minimum atomic E-state index is -4.50. The van der Waals surface area contributed by atoms with Crippen LogP contribution in [0.15, 0.2) is 73.1 Å². The van der Waals surface area contributed by atoms with E-state index < -0.39 is 24.5 Å². The number of nitrogens with one attached hydrogen (secondary N) is 1. The number of nitrogens with zero attached hydrogens (tertiary/aromatic N) is 2. The first-order valence-corrected chi connectivity index (χ1v) is 9.38. The number of alkyl halides is 4. The van der Waals surface area contributed by atoms with Gasteiger partial charge in [0.05, 0.1) is 11.6 Å². The van der Waals surface area contributed by atoms with Crippen LogP contribution in [0.3, 0.4) is 0 Å². The number of halogens is 4. The molecule has 4 nitrogen and oxygen atoms in total. The molecule has 0 saturated carbocycles. The topological polar surface area (TPSA) is 58.0 Å². The second kappa shape index (κ2) is 8.22. The zero-order valence-corrected chi connectivity index (χ0v) is 16.1. The first kappa shape index (κ1) is 20.6. The summed E-state index contributed by atoms with van der Waals surface area (Å²) in [5.74, 6) is 0.0948. The Labute approximate surface area is 175 Å². The molecular weight excluding hydrogens is 410 g/mol. The lowest BCUT2D eigenvalue weighted by atomic mass is 9.95. The average molecular weight is 427 g/mol. The Morgan fingerprint density at radius 3 is 2.52 bits per heavy atom. The van der Waals surface area contributed by atoms with Crippen molar-refractivity contribution in [2.24, 2.45) is 0 Å². The molecule has 0 bridgehead atoms. The van der Waals surface area contributed by atoms with Crippen molar-refractivity contribution in [1.29, 1.82) is 0 Å². The van der Waals surface area contributed by atoms with Crippen LogP contribution in [-0.4, -0.2) is 15.1 Å². The third-order valence-electron chi connectivity index (χ3n) is 4.91. The van der Waals surface area contributed by atoms with Crippen molar-refractivity contribution in [3.63, 3.8) is 0 Å². The quantitative estimate of drug-likeness (QED) is 0.382. The van der Waals surface area contributed by atoms with Gasteiger partial charge in [-0.1, -0.05) is 42.5 Å². The van der Waals surface area contributed by atoms with Gasteiger partial charge in [0.2, 0.25) is 0 Å². The first-order chi connectivity index (χ1) is 14.9. The molecule has 0 radical (unpaired) electrons. The maximum atomic E-state index is 13.2. The molecule has 0 fully saturated rings. The summed E-state index contributed by atoms with van der Waals surface area (Å²) >= 11 is 0. The zero-order chi connectivity index (χ0) is 22.0. The standard InChI is InChI=1S/C23H17F4N3O/c24-12-14-3-1-4-16(11-14)20(30-19-9-7-17(13-29-19)23(25,26)27)18-8-6-15-5-2-10-28-21(15)22(18)31/h1-11,13,20,31H,12H2,(H,29,30). The van der Waals surface area contributed by atoms with Gasteiger partial charge in [-0.25, -0.2) is 9.37 Å². The number of fused-ring (bicyclic) bond motifs is 1. The SMILES string of the molecule is Oc1c(C(Nc2ccc(C(F)(F)F)cn2)c2cccc(CF)c2)ccc2cccnc12. The van der Waals surface area contributed by atoms with Crippen LogP contribution >= 0.6 is 0 Å². The van der Waals surface area contributed by atoms with Gasteiger partial charge in [0.1, 0.15) is 23.8 Å². The lowest BCUT2D eigenvalue weighted by Crippen LogP contribution is -2.15. The number of pyridine rings is 2. The summed E-state index contributed by atoms with van der Waals surface area (Å²) in [7, 11) is 0. The fourth-order valence-corrected chi connectivity index (χ4v) is 3.37. The van der Waals surface area contributed by atoms with Crippen LogP contribution in [0.5, 0.6) is 5.75 Å². The van der Waals surface area contributed by atoms with E-state index in [1.165, 1.54) is 6.07 Å². The summed E-state index contributed by atoms with van der Waals surface area (Å²) in [6, 6.07) is 15.1. The van der Waals surface area contributed by atoms with E-state index in [-0.39, 0.29) is 11.6 Å². The Balaban J connectivity index is 1.79. The number of aromatic hydroxyl groups is 1. The van der Waals surface area contributed by atoms with E-state index in [0.717, 1.165) is 17.6 Å². The summed E-state index contributed by atoms with van der Waals surface area (Å²) in [4.78, 5) is 8.09. The maximum absolute atomic E-state index is 13.2. The van der Waals surface area contributed by atoms with E-state index in [1.807, 2.05) is 0 Å². The van der Waals surface area contributed by atoms with Crippen molar-refractivity contribution in [2.75, 3.05) is 5.32 Å². The van der Waals surface area contributed by atoms with Crippen molar-refractivity contribution in [3.8, 4) is 5.75 Å². The summed E-state index contributed by atoms with van der Waals surface area (Å²) in [5.41, 5.74) is 0.995. The predicted octanol–water partition coefficient (Wildman–Crippen LogP) is 6.03. The smallest absolute Gasteiger partial charge is 0.417 e. The van der Waals surface area contributed by atoms with Crippen LogP contribution in [0.1, 0.15) is 28.3 Å². The molecule has 0 aliphatic carbocycles. The molecule has 0 aliphatic rings. The molecule has 0 aliphatic heterocycles. The minimum Gasteiger partial charge on any atom is -0.505 e. The number of benzene rings is 2. The highest BCUT2D eigenvalue weighted by molar-refractivity contribution is 5.86. The number of hydrogen-bond donors (Lipinski definition) is 2. The van der Waals surface area contributed by atoms with E-state index >= 15 is 0 Å². The molecule has 1 unspecified atom stereocenters. The Morgan fingerprint density at radius 1 is 0.968 bits per heavy atom. The van der Waals surface area contributed by atoms with Gasteiger partial charge in [-0.3, -0.25) is 4.98 Å². The van der Waals surface area contributed by atoms with Crippen LogP contribution < -0.4 is 5.32 Å². The number of phenols is 1. The Morgan fingerprint density at radius 2 is 1.81 bits per heavy atom. The Hall–Kier alpha value is -3.68. The van der Waals surface area contributed by atoms with Crippen LogP contribution in [0, 0.1) is 0 Å². The summed E-state index contributed by atoms with van der Waals surface area (Å²) < 4.78 is 51.8. The average Bonchev–Trinajstić information content (AvgIpc) is 2.78. The summed E-state index contributed by atoms with van der Waals surface area (Å²) in [5, 5.41) is 14.7. The Kier molecular flexibility index (Phi) is 5.46. The van der Waals surface area contributed by atoms with Crippen LogP contribution in [0.4, 0.5) is 23.4 Å². The van der Waals surface area contributed by atoms with Crippen molar-refractivity contribution in [3.05, 3.63) is 95.3 Å². The first-order valence-electron chi connectivity index (χ1n) is 9.38. The highest BCUT2D eigenvalue weighted by atomic mass is 19.4. The number of hydrogen-bond acceptors (Lipinski definition) is 4.